The van der Waals surface area contributed by atoms with Crippen LogP contribution in [0, 0.1) is 0 Å². The lowest BCUT2D eigenvalue weighted by molar-refractivity contribution is 0.557. The third-order valence-electron chi connectivity index (χ3n) is 2.65. The van der Waals surface area contributed by atoms with Crippen molar-refractivity contribution in [3.8, 4) is 0 Å². The van der Waals surface area contributed by atoms with Crippen LogP contribution in [0.4, 0.5) is 0 Å². The molecule has 4 nitrogen and oxygen atoms in total. The minimum absolute atomic E-state index is 0.0416. The van der Waals surface area contributed by atoms with Crippen LogP contribution in [0.25, 0.3) is 0 Å². The minimum Gasteiger partial charge on any atom is -0.323 e. The highest BCUT2D eigenvalue weighted by atomic mass is 32.1. The van der Waals surface area contributed by atoms with Gasteiger partial charge in [0.05, 0.1) is 11.9 Å². The number of rotatable bonds is 5. The number of nitrogens with two attached hydrogens (primary N) is 1. The predicted molar refractivity (Wildman–Crippen MR) is 65.2 cm³/mol. The summed E-state index contributed by atoms with van der Waals surface area (Å²) in [6, 6.07) is 4.30. The van der Waals surface area contributed by atoms with E-state index in [0.717, 1.165) is 25.0 Å². The first-order valence-electron chi connectivity index (χ1n) is 5.40. The molecule has 0 fully saturated rings. The summed E-state index contributed by atoms with van der Waals surface area (Å²) in [5.41, 5.74) is 7.09. The molecule has 0 aliphatic heterocycles. The van der Waals surface area contributed by atoms with Crippen molar-refractivity contribution in [2.24, 2.45) is 12.8 Å². The second kappa shape index (κ2) is 5.23. The molecule has 0 saturated carbocycles. The van der Waals surface area contributed by atoms with Crippen molar-refractivity contribution in [3.05, 3.63) is 34.3 Å². The van der Waals surface area contributed by atoms with Crippen molar-refractivity contribution in [1.29, 1.82) is 0 Å². The number of aryl methyl sites for hydroxylation is 2. The molecule has 1 atom stereocenters. The molecule has 2 heterocycles. The Balaban J connectivity index is 1.80. The van der Waals surface area contributed by atoms with E-state index in [1.807, 2.05) is 7.05 Å². The molecule has 16 heavy (non-hydrogen) atoms. The summed E-state index contributed by atoms with van der Waals surface area (Å²) >= 11 is 1.80. The highest BCUT2D eigenvalue weighted by Gasteiger charge is 2.10. The number of thiophene rings is 1. The second-order valence-corrected chi connectivity index (χ2v) is 4.89. The van der Waals surface area contributed by atoms with E-state index in [9.17, 15) is 0 Å². The lowest BCUT2D eigenvalue weighted by Gasteiger charge is -2.10. The van der Waals surface area contributed by atoms with Crippen molar-refractivity contribution in [2.45, 2.75) is 25.3 Å². The molecule has 0 bridgehead atoms. The van der Waals surface area contributed by atoms with Gasteiger partial charge in [0.1, 0.15) is 0 Å². The Morgan fingerprint density at radius 2 is 2.44 bits per heavy atom. The van der Waals surface area contributed by atoms with E-state index < -0.39 is 0 Å². The van der Waals surface area contributed by atoms with E-state index in [0.29, 0.717) is 0 Å². The van der Waals surface area contributed by atoms with Gasteiger partial charge in [-0.2, -0.15) is 0 Å². The van der Waals surface area contributed by atoms with E-state index in [1.165, 1.54) is 4.88 Å². The molecule has 86 valence electrons. The van der Waals surface area contributed by atoms with Crippen LogP contribution in [0.15, 0.2) is 23.7 Å². The molecule has 0 radical (unpaired) electrons. The Bertz CT molecular complexity index is 421. The van der Waals surface area contributed by atoms with Crippen LogP contribution in [-0.2, 0) is 13.5 Å². The normalized spacial score (nSPS) is 12.9. The molecular formula is C11H16N4S. The molecule has 0 amide bonds. The third kappa shape index (κ3) is 2.68. The van der Waals surface area contributed by atoms with E-state index >= 15 is 0 Å². The zero-order valence-electron chi connectivity index (χ0n) is 9.34. The molecule has 1 unspecified atom stereocenters. The largest absolute Gasteiger partial charge is 0.323 e. The third-order valence-corrected chi connectivity index (χ3v) is 3.58. The Morgan fingerprint density at radius 3 is 3.06 bits per heavy atom. The number of aromatic nitrogens is 3. The maximum absolute atomic E-state index is 6.08. The van der Waals surface area contributed by atoms with E-state index in [-0.39, 0.29) is 6.04 Å². The lowest BCUT2D eigenvalue weighted by atomic mass is 10.1. The summed E-state index contributed by atoms with van der Waals surface area (Å²) in [5.74, 6) is 0. The van der Waals surface area contributed by atoms with Crippen molar-refractivity contribution in [2.75, 3.05) is 0 Å². The van der Waals surface area contributed by atoms with E-state index in [4.69, 9.17) is 5.73 Å². The summed E-state index contributed by atoms with van der Waals surface area (Å²) in [4.78, 5) is 1.43. The first-order valence-corrected chi connectivity index (χ1v) is 6.28. The summed E-state index contributed by atoms with van der Waals surface area (Å²) in [7, 11) is 1.88. The maximum Gasteiger partial charge on any atom is 0.0751 e. The quantitative estimate of drug-likeness (QED) is 0.862. The molecule has 2 N–H and O–H groups in total. The van der Waals surface area contributed by atoms with Crippen LogP contribution in [0.5, 0.6) is 0 Å². The minimum atomic E-state index is 0.0416. The van der Waals surface area contributed by atoms with Gasteiger partial charge in [-0.15, -0.1) is 16.4 Å². The van der Waals surface area contributed by atoms with Gasteiger partial charge in [0, 0.05) is 18.0 Å². The van der Waals surface area contributed by atoms with Crippen LogP contribution in [-0.4, -0.2) is 15.0 Å². The van der Waals surface area contributed by atoms with Crippen molar-refractivity contribution in [3.63, 3.8) is 0 Å². The van der Waals surface area contributed by atoms with Crippen LogP contribution >= 0.6 is 11.3 Å². The standard InChI is InChI=1S/C11H16N4S/c1-15-11(8-13-14-15)10(12)6-2-4-9-5-3-7-16-9/h3,5,7-8,10H,2,4,6,12H2,1H3. The Kier molecular flexibility index (Phi) is 3.69. The SMILES string of the molecule is Cn1nncc1C(N)CCCc1cccs1. The average molecular weight is 236 g/mol. The van der Waals surface area contributed by atoms with Gasteiger partial charge in [0.15, 0.2) is 0 Å². The Hall–Kier alpha value is -1.20. The number of hydrogen-bond donors (Lipinski definition) is 1. The topological polar surface area (TPSA) is 56.7 Å². The van der Waals surface area contributed by atoms with E-state index in [1.54, 1.807) is 22.2 Å². The van der Waals surface area contributed by atoms with Crippen LogP contribution < -0.4 is 5.73 Å². The first kappa shape index (κ1) is 11.3. The second-order valence-electron chi connectivity index (χ2n) is 3.86. The smallest absolute Gasteiger partial charge is 0.0751 e. The first-order chi connectivity index (χ1) is 7.77. The summed E-state index contributed by atoms with van der Waals surface area (Å²) in [6.45, 7) is 0. The van der Waals surface area contributed by atoms with Gasteiger partial charge in [0.2, 0.25) is 0 Å². The highest BCUT2D eigenvalue weighted by Crippen LogP contribution is 2.17. The van der Waals surface area contributed by atoms with Crippen molar-refractivity contribution in [1.82, 2.24) is 15.0 Å². The fraction of sp³-hybridized carbons (Fsp3) is 0.455. The van der Waals surface area contributed by atoms with Crippen LogP contribution in [0.2, 0.25) is 0 Å². The average Bonchev–Trinajstić information content (AvgIpc) is 2.88. The molecule has 0 aliphatic rings. The fourth-order valence-electron chi connectivity index (χ4n) is 1.73. The van der Waals surface area contributed by atoms with Crippen LogP contribution in [0.3, 0.4) is 0 Å². The highest BCUT2D eigenvalue weighted by molar-refractivity contribution is 7.09. The lowest BCUT2D eigenvalue weighted by Crippen LogP contribution is -2.14. The number of nitrogens with zero attached hydrogens (tertiary/aromatic N) is 3. The molecule has 2 rings (SSSR count). The molecule has 0 spiro atoms. The van der Waals surface area contributed by atoms with Gasteiger partial charge in [0.25, 0.3) is 0 Å². The molecule has 0 aliphatic carbocycles. The van der Waals surface area contributed by atoms with Gasteiger partial charge in [-0.25, -0.2) is 0 Å². The van der Waals surface area contributed by atoms with Gasteiger partial charge >= 0.3 is 0 Å². The molecule has 0 aromatic carbocycles. The molecule has 2 aromatic rings. The zero-order valence-corrected chi connectivity index (χ0v) is 10.2. The Labute approximate surface area is 99.1 Å². The molecule has 5 heteroatoms. The van der Waals surface area contributed by atoms with E-state index in [2.05, 4.69) is 27.8 Å². The molecule has 0 saturated heterocycles. The molecular weight excluding hydrogens is 220 g/mol. The van der Waals surface area contributed by atoms with Crippen molar-refractivity contribution < 1.29 is 0 Å². The summed E-state index contributed by atoms with van der Waals surface area (Å²) in [6.07, 6.45) is 4.93. The number of hydrogen-bond acceptors (Lipinski definition) is 4. The summed E-state index contributed by atoms with van der Waals surface area (Å²) < 4.78 is 1.75. The van der Waals surface area contributed by atoms with Crippen molar-refractivity contribution >= 4 is 11.3 Å². The van der Waals surface area contributed by atoms with Crippen LogP contribution in [0.1, 0.15) is 29.5 Å². The van der Waals surface area contributed by atoms with Gasteiger partial charge in [-0.1, -0.05) is 11.3 Å². The maximum atomic E-state index is 6.08. The Morgan fingerprint density at radius 1 is 1.56 bits per heavy atom. The monoisotopic (exact) mass is 236 g/mol. The predicted octanol–water partition coefficient (Wildman–Crippen LogP) is 1.90. The zero-order chi connectivity index (χ0) is 11.4. The molecule has 2 aromatic heterocycles. The summed E-state index contributed by atoms with van der Waals surface area (Å²) in [5, 5.41) is 9.83. The van der Waals surface area contributed by atoms with Gasteiger partial charge < -0.3 is 5.73 Å². The fourth-order valence-corrected chi connectivity index (χ4v) is 2.48. The van der Waals surface area contributed by atoms with Gasteiger partial charge in [-0.3, -0.25) is 4.68 Å². The van der Waals surface area contributed by atoms with Gasteiger partial charge in [-0.05, 0) is 30.7 Å².